The van der Waals surface area contributed by atoms with Crippen LogP contribution >= 0.6 is 0 Å². The van der Waals surface area contributed by atoms with Crippen molar-refractivity contribution in [2.24, 2.45) is 35.3 Å². The molecule has 0 aliphatic heterocycles. The third-order valence-corrected chi connectivity index (χ3v) is 5.61. The van der Waals surface area contributed by atoms with Crippen LogP contribution in [0.1, 0.15) is 66.2 Å². The molecule has 1 fully saturated rings. The highest BCUT2D eigenvalue weighted by molar-refractivity contribution is 5.13. The van der Waals surface area contributed by atoms with Crippen LogP contribution < -0.4 is 5.73 Å². The lowest BCUT2D eigenvalue weighted by Gasteiger charge is -2.38. The predicted octanol–water partition coefficient (Wildman–Crippen LogP) is 4.77. The first-order valence-electron chi connectivity index (χ1n) is 8.43. The molecule has 2 N–H and O–H groups in total. The molecule has 0 aromatic carbocycles. The van der Waals surface area contributed by atoms with E-state index in [4.69, 9.17) is 5.73 Å². The third-order valence-electron chi connectivity index (χ3n) is 5.61. The van der Waals surface area contributed by atoms with Crippen molar-refractivity contribution >= 4 is 0 Å². The van der Waals surface area contributed by atoms with Gasteiger partial charge >= 0.3 is 0 Å². The van der Waals surface area contributed by atoms with Crippen LogP contribution in [0.15, 0.2) is 11.6 Å². The van der Waals surface area contributed by atoms with Crippen LogP contribution in [0.5, 0.6) is 0 Å². The fourth-order valence-electron chi connectivity index (χ4n) is 4.42. The molecule has 1 saturated carbocycles. The van der Waals surface area contributed by atoms with Gasteiger partial charge < -0.3 is 5.73 Å². The topological polar surface area (TPSA) is 26.0 Å². The van der Waals surface area contributed by atoms with Crippen LogP contribution in [-0.2, 0) is 0 Å². The quantitative estimate of drug-likeness (QED) is 0.727. The number of hydrogen-bond acceptors (Lipinski definition) is 1. The molecule has 2 rings (SSSR count). The van der Waals surface area contributed by atoms with Gasteiger partial charge in [0, 0.05) is 6.04 Å². The van der Waals surface area contributed by atoms with Gasteiger partial charge in [-0.25, -0.2) is 0 Å². The highest BCUT2D eigenvalue weighted by atomic mass is 14.6. The molecule has 1 heteroatoms. The van der Waals surface area contributed by atoms with E-state index in [-0.39, 0.29) is 0 Å². The largest absolute Gasteiger partial charge is 0.328 e. The number of allylic oxidation sites excluding steroid dienone is 2. The van der Waals surface area contributed by atoms with Crippen LogP contribution in [0, 0.1) is 29.6 Å². The van der Waals surface area contributed by atoms with Gasteiger partial charge in [0.15, 0.2) is 0 Å². The molecular formula is C18H33N. The zero-order valence-corrected chi connectivity index (χ0v) is 13.4. The molecule has 0 saturated heterocycles. The van der Waals surface area contributed by atoms with Gasteiger partial charge in [0.1, 0.15) is 0 Å². The molecular weight excluding hydrogens is 230 g/mol. The van der Waals surface area contributed by atoms with Gasteiger partial charge in [0.25, 0.3) is 0 Å². The van der Waals surface area contributed by atoms with Crippen molar-refractivity contribution in [2.45, 2.75) is 72.3 Å². The Labute approximate surface area is 120 Å². The highest BCUT2D eigenvalue weighted by Crippen LogP contribution is 2.41. The van der Waals surface area contributed by atoms with Gasteiger partial charge in [-0.2, -0.15) is 0 Å². The SMILES string of the molecule is CC1C=C(C(C)CC2CC(N)CCC2C(C)C)CC1. The molecule has 0 amide bonds. The average molecular weight is 263 g/mol. The number of rotatable bonds is 4. The van der Waals surface area contributed by atoms with Crippen molar-refractivity contribution in [1.29, 1.82) is 0 Å². The van der Waals surface area contributed by atoms with Crippen molar-refractivity contribution in [3.8, 4) is 0 Å². The minimum Gasteiger partial charge on any atom is -0.328 e. The monoisotopic (exact) mass is 263 g/mol. The lowest BCUT2D eigenvalue weighted by atomic mass is 9.68. The summed E-state index contributed by atoms with van der Waals surface area (Å²) in [7, 11) is 0. The van der Waals surface area contributed by atoms with Crippen LogP contribution in [0.2, 0.25) is 0 Å². The van der Waals surface area contributed by atoms with Gasteiger partial charge in [-0.15, -0.1) is 0 Å². The lowest BCUT2D eigenvalue weighted by molar-refractivity contribution is 0.145. The zero-order valence-electron chi connectivity index (χ0n) is 13.4. The second-order valence-corrected chi connectivity index (χ2v) is 7.64. The fourth-order valence-corrected chi connectivity index (χ4v) is 4.42. The van der Waals surface area contributed by atoms with E-state index in [0.29, 0.717) is 6.04 Å². The van der Waals surface area contributed by atoms with Crippen LogP contribution in [0.25, 0.3) is 0 Å². The Morgan fingerprint density at radius 2 is 1.95 bits per heavy atom. The van der Waals surface area contributed by atoms with E-state index in [1.165, 1.54) is 38.5 Å². The maximum Gasteiger partial charge on any atom is 0.00416 e. The Kier molecular flexibility index (Phi) is 5.11. The van der Waals surface area contributed by atoms with Crippen molar-refractivity contribution in [3.05, 3.63) is 11.6 Å². The summed E-state index contributed by atoms with van der Waals surface area (Å²) >= 11 is 0. The Bertz CT molecular complexity index is 318. The van der Waals surface area contributed by atoms with E-state index < -0.39 is 0 Å². The van der Waals surface area contributed by atoms with Gasteiger partial charge in [-0.3, -0.25) is 0 Å². The first kappa shape index (κ1) is 15.1. The van der Waals surface area contributed by atoms with Crippen molar-refractivity contribution in [2.75, 3.05) is 0 Å². The van der Waals surface area contributed by atoms with Crippen molar-refractivity contribution in [1.82, 2.24) is 0 Å². The van der Waals surface area contributed by atoms with Gasteiger partial charge in [0.05, 0.1) is 0 Å². The average Bonchev–Trinajstić information content (AvgIpc) is 2.75. The molecule has 5 atom stereocenters. The molecule has 0 aromatic heterocycles. The van der Waals surface area contributed by atoms with E-state index in [1.54, 1.807) is 5.57 Å². The van der Waals surface area contributed by atoms with E-state index in [1.807, 2.05) is 0 Å². The first-order chi connectivity index (χ1) is 8.97. The smallest absolute Gasteiger partial charge is 0.00416 e. The van der Waals surface area contributed by atoms with Gasteiger partial charge in [-0.1, -0.05) is 39.3 Å². The molecule has 2 aliphatic rings. The highest BCUT2D eigenvalue weighted by Gasteiger charge is 2.32. The summed E-state index contributed by atoms with van der Waals surface area (Å²) < 4.78 is 0. The minimum absolute atomic E-state index is 0.462. The molecule has 110 valence electrons. The molecule has 0 aromatic rings. The normalized spacial score (nSPS) is 37.5. The fraction of sp³-hybridized carbons (Fsp3) is 0.889. The molecule has 19 heavy (non-hydrogen) atoms. The van der Waals surface area contributed by atoms with Gasteiger partial charge in [-0.05, 0) is 68.1 Å². The molecule has 0 radical (unpaired) electrons. The van der Waals surface area contributed by atoms with Crippen molar-refractivity contribution in [3.63, 3.8) is 0 Å². The molecule has 1 nitrogen and oxygen atoms in total. The zero-order chi connectivity index (χ0) is 14.0. The van der Waals surface area contributed by atoms with Gasteiger partial charge in [0.2, 0.25) is 0 Å². The lowest BCUT2D eigenvalue weighted by Crippen LogP contribution is -2.36. The first-order valence-corrected chi connectivity index (χ1v) is 8.43. The number of nitrogens with two attached hydrogens (primary N) is 1. The second kappa shape index (κ2) is 6.43. The summed E-state index contributed by atoms with van der Waals surface area (Å²) in [5, 5.41) is 0. The summed E-state index contributed by atoms with van der Waals surface area (Å²) in [6, 6.07) is 0.462. The second-order valence-electron chi connectivity index (χ2n) is 7.64. The summed E-state index contributed by atoms with van der Waals surface area (Å²) in [6.45, 7) is 9.60. The minimum atomic E-state index is 0.462. The maximum absolute atomic E-state index is 6.22. The van der Waals surface area contributed by atoms with E-state index >= 15 is 0 Å². The van der Waals surface area contributed by atoms with E-state index in [0.717, 1.165) is 29.6 Å². The van der Waals surface area contributed by atoms with E-state index in [2.05, 4.69) is 33.8 Å². The maximum atomic E-state index is 6.22. The van der Waals surface area contributed by atoms with Crippen molar-refractivity contribution < 1.29 is 0 Å². The summed E-state index contributed by atoms with van der Waals surface area (Å²) in [5.74, 6) is 4.17. The molecule has 0 heterocycles. The third kappa shape index (κ3) is 3.84. The molecule has 0 bridgehead atoms. The van der Waals surface area contributed by atoms with E-state index in [9.17, 15) is 0 Å². The summed E-state index contributed by atoms with van der Waals surface area (Å²) in [5.41, 5.74) is 7.95. The Morgan fingerprint density at radius 1 is 1.21 bits per heavy atom. The van der Waals surface area contributed by atoms with Crippen LogP contribution in [-0.4, -0.2) is 6.04 Å². The molecule has 0 spiro atoms. The number of hydrogen-bond donors (Lipinski definition) is 1. The van der Waals surface area contributed by atoms with Crippen LogP contribution in [0.3, 0.4) is 0 Å². The Balaban J connectivity index is 1.96. The Morgan fingerprint density at radius 3 is 2.53 bits per heavy atom. The summed E-state index contributed by atoms with van der Waals surface area (Å²) in [4.78, 5) is 0. The van der Waals surface area contributed by atoms with Crippen LogP contribution in [0.4, 0.5) is 0 Å². The molecule has 5 unspecified atom stereocenters. The Hall–Kier alpha value is -0.300. The standard InChI is InChI=1S/C18H33N/c1-12(2)18-8-7-17(19)11-16(18)10-14(4)15-6-5-13(3)9-15/h9,12-14,16-18H,5-8,10-11,19H2,1-4H3. The predicted molar refractivity (Wildman–Crippen MR) is 83.9 cm³/mol. The molecule has 2 aliphatic carbocycles. The summed E-state index contributed by atoms with van der Waals surface area (Å²) in [6.07, 6.45) is 10.5.